The average Bonchev–Trinajstić information content (AvgIpc) is 2.91. The van der Waals surface area contributed by atoms with Crippen molar-refractivity contribution in [3.05, 3.63) is 84.2 Å². The fraction of sp³-hybridized carbons (Fsp3) is 0.250. The van der Waals surface area contributed by atoms with Gasteiger partial charge in [0.05, 0.1) is 30.9 Å². The van der Waals surface area contributed by atoms with Gasteiger partial charge in [-0.05, 0) is 49.2 Å². The first-order valence-corrected chi connectivity index (χ1v) is 11.8. The third-order valence-electron chi connectivity index (χ3n) is 5.80. The van der Waals surface area contributed by atoms with Gasteiger partial charge in [0.25, 0.3) is 0 Å². The Labute approximate surface area is 210 Å². The third-order valence-corrected chi connectivity index (χ3v) is 5.80. The monoisotopic (exact) mass is 483 g/mol. The van der Waals surface area contributed by atoms with E-state index < -0.39 is 6.23 Å². The highest BCUT2D eigenvalue weighted by molar-refractivity contribution is 5.93. The normalized spacial score (nSPS) is 11.8. The average molecular weight is 484 g/mol. The van der Waals surface area contributed by atoms with Crippen molar-refractivity contribution in [1.29, 1.82) is 5.26 Å². The van der Waals surface area contributed by atoms with Gasteiger partial charge in [0, 0.05) is 30.2 Å². The molecule has 1 atom stereocenters. The fourth-order valence-corrected chi connectivity index (χ4v) is 3.87. The van der Waals surface area contributed by atoms with Crippen LogP contribution >= 0.6 is 0 Å². The zero-order chi connectivity index (χ0) is 25.3. The van der Waals surface area contributed by atoms with Crippen LogP contribution in [0.15, 0.2) is 73.1 Å². The molecule has 0 saturated carbocycles. The van der Waals surface area contributed by atoms with E-state index in [1.807, 2.05) is 47.4 Å². The lowest BCUT2D eigenvalue weighted by molar-refractivity contribution is 0.00972. The molecule has 36 heavy (non-hydrogen) atoms. The number of fused-ring (bicyclic) bond motifs is 1. The molecule has 4 aromatic rings. The molecule has 0 saturated heterocycles. The predicted octanol–water partition coefficient (Wildman–Crippen LogP) is 4.86. The molecule has 0 bridgehead atoms. The molecular weight excluding hydrogens is 454 g/mol. The number of aliphatic hydroxyl groups is 1. The van der Waals surface area contributed by atoms with E-state index in [4.69, 9.17) is 14.7 Å². The van der Waals surface area contributed by atoms with Crippen LogP contribution in [0.2, 0.25) is 0 Å². The van der Waals surface area contributed by atoms with Crippen LogP contribution in [0.4, 0.5) is 11.5 Å². The first kappa shape index (κ1) is 24.9. The minimum absolute atomic E-state index is 0.460. The summed E-state index contributed by atoms with van der Waals surface area (Å²) in [5, 5.41) is 23.2. The largest absolute Gasteiger partial charge is 0.493 e. The maximum Gasteiger partial charge on any atom is 0.163 e. The van der Waals surface area contributed by atoms with Gasteiger partial charge in [-0.3, -0.25) is 4.90 Å². The topological polar surface area (TPSA) is 104 Å². The van der Waals surface area contributed by atoms with Crippen molar-refractivity contribution in [3.8, 4) is 17.6 Å². The minimum atomic E-state index is -0.556. The smallest absolute Gasteiger partial charge is 0.163 e. The summed E-state index contributed by atoms with van der Waals surface area (Å²) < 4.78 is 11.6. The number of hydrogen-bond donors (Lipinski definition) is 2. The van der Waals surface area contributed by atoms with E-state index in [0.717, 1.165) is 23.1 Å². The van der Waals surface area contributed by atoms with Crippen molar-refractivity contribution >= 4 is 22.4 Å². The SMILES string of the molecule is COc1cc2c(Nc3ccc(C#N)cc3)ncnc2cc1OCCCN(Cc1ccccc1)C(C)O. The number of nitrogens with zero attached hydrogens (tertiary/aromatic N) is 4. The molecular formula is C28H29N5O3. The Morgan fingerprint density at radius 2 is 1.83 bits per heavy atom. The van der Waals surface area contributed by atoms with E-state index in [1.54, 1.807) is 26.2 Å². The summed E-state index contributed by atoms with van der Waals surface area (Å²) in [4.78, 5) is 10.8. The zero-order valence-electron chi connectivity index (χ0n) is 20.4. The molecule has 0 fully saturated rings. The molecule has 4 rings (SSSR count). The van der Waals surface area contributed by atoms with Crippen LogP contribution in [0.3, 0.4) is 0 Å². The summed E-state index contributed by atoms with van der Waals surface area (Å²) in [6.07, 6.45) is 1.67. The Hall–Kier alpha value is -4.19. The van der Waals surface area contributed by atoms with Crippen LogP contribution in [0, 0.1) is 11.3 Å². The van der Waals surface area contributed by atoms with Crippen LogP contribution in [0.25, 0.3) is 10.9 Å². The second kappa shape index (κ2) is 12.0. The molecule has 1 aromatic heterocycles. The standard InChI is InChI=1S/C28H29N5O3/c1-20(34)33(18-22-7-4-3-5-8-22)13-6-14-36-27-16-25-24(15-26(27)35-2)28(31-19-30-25)32-23-11-9-21(17-29)10-12-23/h3-5,7-12,15-16,19-20,34H,6,13-14,18H2,1-2H3,(H,30,31,32). The number of rotatable bonds is 11. The van der Waals surface area contributed by atoms with E-state index in [9.17, 15) is 5.11 Å². The van der Waals surface area contributed by atoms with Crippen LogP contribution in [0.5, 0.6) is 11.5 Å². The van der Waals surface area contributed by atoms with Crippen molar-refractivity contribution in [2.45, 2.75) is 26.1 Å². The molecule has 1 unspecified atom stereocenters. The van der Waals surface area contributed by atoms with E-state index in [1.165, 1.54) is 6.33 Å². The van der Waals surface area contributed by atoms with Crippen molar-refractivity contribution < 1.29 is 14.6 Å². The Bertz CT molecular complexity index is 1320. The number of hydrogen-bond acceptors (Lipinski definition) is 8. The summed E-state index contributed by atoms with van der Waals surface area (Å²) >= 11 is 0. The lowest BCUT2D eigenvalue weighted by atomic mass is 10.2. The van der Waals surface area contributed by atoms with Gasteiger partial charge in [0.1, 0.15) is 18.4 Å². The van der Waals surface area contributed by atoms with Crippen molar-refractivity contribution in [2.75, 3.05) is 25.6 Å². The number of ether oxygens (including phenoxy) is 2. The maximum atomic E-state index is 10.2. The molecule has 0 radical (unpaired) electrons. The van der Waals surface area contributed by atoms with Gasteiger partial charge in [0.2, 0.25) is 0 Å². The second-order valence-electron chi connectivity index (χ2n) is 8.35. The van der Waals surface area contributed by atoms with Gasteiger partial charge >= 0.3 is 0 Å². The number of nitrogens with one attached hydrogen (secondary N) is 1. The van der Waals surface area contributed by atoms with E-state index in [0.29, 0.717) is 48.1 Å². The molecule has 0 aliphatic heterocycles. The van der Waals surface area contributed by atoms with Crippen molar-refractivity contribution in [1.82, 2.24) is 14.9 Å². The van der Waals surface area contributed by atoms with Gasteiger partial charge in [-0.15, -0.1) is 0 Å². The van der Waals surface area contributed by atoms with Gasteiger partial charge in [0.15, 0.2) is 11.5 Å². The first-order chi connectivity index (χ1) is 17.6. The van der Waals surface area contributed by atoms with Crippen LogP contribution in [0.1, 0.15) is 24.5 Å². The Kier molecular flexibility index (Phi) is 8.29. The van der Waals surface area contributed by atoms with Gasteiger partial charge in [-0.1, -0.05) is 30.3 Å². The molecule has 1 heterocycles. The Morgan fingerprint density at radius 3 is 2.53 bits per heavy atom. The fourth-order valence-electron chi connectivity index (χ4n) is 3.87. The summed E-state index contributed by atoms with van der Waals surface area (Å²) in [5.74, 6) is 1.81. The molecule has 2 N–H and O–H groups in total. The number of nitriles is 1. The minimum Gasteiger partial charge on any atom is -0.493 e. The summed E-state index contributed by atoms with van der Waals surface area (Å²) in [6, 6.07) is 23.1. The van der Waals surface area contributed by atoms with Gasteiger partial charge in [-0.2, -0.15) is 5.26 Å². The lowest BCUT2D eigenvalue weighted by Crippen LogP contribution is -2.33. The molecule has 3 aromatic carbocycles. The molecule has 8 heteroatoms. The maximum absolute atomic E-state index is 10.2. The predicted molar refractivity (Wildman–Crippen MR) is 139 cm³/mol. The van der Waals surface area contributed by atoms with Gasteiger partial charge in [-0.25, -0.2) is 9.97 Å². The Balaban J connectivity index is 1.43. The van der Waals surface area contributed by atoms with Crippen LogP contribution in [-0.2, 0) is 6.54 Å². The lowest BCUT2D eigenvalue weighted by Gasteiger charge is -2.25. The highest BCUT2D eigenvalue weighted by atomic mass is 16.5. The van der Waals surface area contributed by atoms with Crippen LogP contribution in [-0.4, -0.2) is 46.5 Å². The summed E-state index contributed by atoms with van der Waals surface area (Å²) in [5.41, 5.74) is 3.27. The number of aliphatic hydroxyl groups excluding tert-OH is 1. The number of methoxy groups -OCH3 is 1. The number of aromatic nitrogens is 2. The van der Waals surface area contributed by atoms with Crippen molar-refractivity contribution in [2.24, 2.45) is 0 Å². The first-order valence-electron chi connectivity index (χ1n) is 11.8. The van der Waals surface area contributed by atoms with Gasteiger partial charge < -0.3 is 19.9 Å². The molecule has 0 spiro atoms. The molecule has 184 valence electrons. The molecule has 0 aliphatic rings. The summed E-state index contributed by atoms with van der Waals surface area (Å²) in [7, 11) is 1.60. The zero-order valence-corrected chi connectivity index (χ0v) is 20.4. The highest BCUT2D eigenvalue weighted by Crippen LogP contribution is 2.34. The number of anilines is 2. The third kappa shape index (κ3) is 6.27. The van der Waals surface area contributed by atoms with Crippen molar-refractivity contribution in [3.63, 3.8) is 0 Å². The quantitative estimate of drug-likeness (QED) is 0.230. The van der Waals surface area contributed by atoms with E-state index in [2.05, 4.69) is 33.5 Å². The molecule has 8 nitrogen and oxygen atoms in total. The second-order valence-corrected chi connectivity index (χ2v) is 8.35. The molecule has 0 amide bonds. The van der Waals surface area contributed by atoms with E-state index >= 15 is 0 Å². The number of benzene rings is 3. The van der Waals surface area contributed by atoms with E-state index in [-0.39, 0.29) is 0 Å². The van der Waals surface area contributed by atoms with Crippen LogP contribution < -0.4 is 14.8 Å². The Morgan fingerprint density at radius 1 is 1.06 bits per heavy atom. The summed E-state index contributed by atoms with van der Waals surface area (Å²) in [6.45, 7) is 3.59. The molecule has 0 aliphatic carbocycles. The highest BCUT2D eigenvalue weighted by Gasteiger charge is 2.14.